The van der Waals surface area contributed by atoms with Crippen LogP contribution in [0.1, 0.15) is 25.2 Å². The number of benzene rings is 1. The average molecular weight is 293 g/mol. The van der Waals surface area contributed by atoms with Crippen LogP contribution in [0.2, 0.25) is 0 Å². The summed E-state index contributed by atoms with van der Waals surface area (Å²) in [7, 11) is 0. The molecule has 1 atom stereocenters. The maximum absolute atomic E-state index is 13.8. The lowest BCUT2D eigenvalue weighted by Crippen LogP contribution is -2.34. The van der Waals surface area contributed by atoms with Crippen molar-refractivity contribution in [2.45, 2.75) is 39.3 Å². The van der Waals surface area contributed by atoms with Gasteiger partial charge in [0, 0.05) is 31.4 Å². The Bertz CT molecular complexity index is 581. The zero-order valence-corrected chi connectivity index (χ0v) is 12.4. The summed E-state index contributed by atoms with van der Waals surface area (Å²) in [4.78, 5) is 4.35. The Hall–Kier alpha value is -1.75. The van der Waals surface area contributed by atoms with Gasteiger partial charge in [0.05, 0.1) is 0 Å². The van der Waals surface area contributed by atoms with Crippen LogP contribution >= 0.6 is 0 Å². The van der Waals surface area contributed by atoms with E-state index in [1.54, 1.807) is 18.3 Å². The molecular formula is C16H21F2N3. The average Bonchev–Trinajstić information content (AvgIpc) is 2.91. The number of likely N-dealkylation sites (N-methyl/N-ethyl adjacent to an activating group) is 1. The van der Waals surface area contributed by atoms with Crippen LogP contribution in [0.5, 0.6) is 0 Å². The van der Waals surface area contributed by atoms with E-state index in [1.165, 1.54) is 0 Å². The Balaban J connectivity index is 2.14. The number of imidazole rings is 1. The minimum atomic E-state index is -0.794. The molecule has 21 heavy (non-hydrogen) atoms. The fourth-order valence-corrected chi connectivity index (χ4v) is 2.52. The zero-order chi connectivity index (χ0) is 15.2. The minimum Gasteiger partial charge on any atom is -0.335 e. The van der Waals surface area contributed by atoms with Gasteiger partial charge in [-0.3, -0.25) is 0 Å². The van der Waals surface area contributed by atoms with Gasteiger partial charge in [-0.25, -0.2) is 13.8 Å². The van der Waals surface area contributed by atoms with Crippen LogP contribution in [-0.2, 0) is 19.4 Å². The molecule has 2 rings (SSSR count). The van der Waals surface area contributed by atoms with Crippen LogP contribution < -0.4 is 5.32 Å². The number of halogens is 2. The number of hydrogen-bond donors (Lipinski definition) is 1. The van der Waals surface area contributed by atoms with Crippen LogP contribution in [0, 0.1) is 11.6 Å². The van der Waals surface area contributed by atoms with Crippen molar-refractivity contribution < 1.29 is 8.78 Å². The zero-order valence-electron chi connectivity index (χ0n) is 12.4. The van der Waals surface area contributed by atoms with Crippen LogP contribution in [-0.4, -0.2) is 22.1 Å². The normalized spacial score (nSPS) is 12.6. The van der Waals surface area contributed by atoms with Crippen molar-refractivity contribution in [1.29, 1.82) is 0 Å². The standard InChI is InChI=1S/C16H21F2N3/c1-3-19-13(11-15-20-8-9-21(15)4-2)10-12-6-5-7-14(17)16(12)18/h5-9,13,19H,3-4,10-11H2,1-2H3. The fraction of sp³-hybridized carbons (Fsp3) is 0.438. The maximum atomic E-state index is 13.8. The molecule has 2 aromatic rings. The quantitative estimate of drug-likeness (QED) is 0.850. The number of aryl methyl sites for hydroxylation is 1. The third-order valence-electron chi connectivity index (χ3n) is 3.56. The van der Waals surface area contributed by atoms with Crippen molar-refractivity contribution in [2.24, 2.45) is 0 Å². The van der Waals surface area contributed by atoms with Crippen LogP contribution in [0.4, 0.5) is 8.78 Å². The van der Waals surface area contributed by atoms with E-state index in [1.807, 2.05) is 13.1 Å². The Labute approximate surface area is 124 Å². The Morgan fingerprint density at radius 1 is 1.24 bits per heavy atom. The summed E-state index contributed by atoms with van der Waals surface area (Å²) in [6.45, 7) is 5.68. The van der Waals surface area contributed by atoms with Gasteiger partial charge in [0.15, 0.2) is 11.6 Å². The molecule has 1 unspecified atom stereocenters. The first-order chi connectivity index (χ1) is 10.2. The second-order valence-corrected chi connectivity index (χ2v) is 5.01. The minimum absolute atomic E-state index is 0.0269. The molecule has 0 aliphatic heterocycles. The van der Waals surface area contributed by atoms with E-state index in [2.05, 4.69) is 21.8 Å². The molecule has 0 spiro atoms. The molecule has 0 fully saturated rings. The number of nitrogens with zero attached hydrogens (tertiary/aromatic N) is 2. The van der Waals surface area contributed by atoms with E-state index in [0.717, 1.165) is 25.0 Å². The van der Waals surface area contributed by atoms with Gasteiger partial charge in [0.1, 0.15) is 5.82 Å². The Kier molecular flexibility index (Phi) is 5.44. The molecule has 5 heteroatoms. The summed E-state index contributed by atoms with van der Waals surface area (Å²) in [5.74, 6) is -0.586. The Morgan fingerprint density at radius 2 is 2.05 bits per heavy atom. The van der Waals surface area contributed by atoms with Gasteiger partial charge in [0.25, 0.3) is 0 Å². The second-order valence-electron chi connectivity index (χ2n) is 5.01. The van der Waals surface area contributed by atoms with Gasteiger partial charge in [-0.2, -0.15) is 0 Å². The lowest BCUT2D eigenvalue weighted by Gasteiger charge is -2.18. The van der Waals surface area contributed by atoms with Crippen molar-refractivity contribution in [3.63, 3.8) is 0 Å². The lowest BCUT2D eigenvalue weighted by atomic mass is 10.0. The molecule has 0 radical (unpaired) electrons. The predicted molar refractivity (Wildman–Crippen MR) is 79.1 cm³/mol. The van der Waals surface area contributed by atoms with Gasteiger partial charge in [-0.05, 0) is 31.5 Å². The first-order valence-electron chi connectivity index (χ1n) is 7.32. The molecule has 1 aromatic carbocycles. The predicted octanol–water partition coefficient (Wildman–Crippen LogP) is 2.94. The van der Waals surface area contributed by atoms with Crippen LogP contribution in [0.15, 0.2) is 30.6 Å². The SMILES string of the molecule is CCNC(Cc1cccc(F)c1F)Cc1nccn1CC. The topological polar surface area (TPSA) is 29.9 Å². The summed E-state index contributed by atoms with van der Waals surface area (Å²) >= 11 is 0. The third kappa shape index (κ3) is 3.88. The number of hydrogen-bond acceptors (Lipinski definition) is 2. The molecule has 114 valence electrons. The number of rotatable bonds is 7. The molecule has 3 nitrogen and oxygen atoms in total. The molecule has 0 aliphatic carbocycles. The van der Waals surface area contributed by atoms with Gasteiger partial charge in [-0.15, -0.1) is 0 Å². The molecule has 0 aliphatic rings. The Morgan fingerprint density at radius 3 is 2.76 bits per heavy atom. The van der Waals surface area contributed by atoms with E-state index in [9.17, 15) is 8.78 Å². The van der Waals surface area contributed by atoms with Crippen molar-refractivity contribution >= 4 is 0 Å². The van der Waals surface area contributed by atoms with Gasteiger partial charge in [-0.1, -0.05) is 19.1 Å². The van der Waals surface area contributed by atoms with E-state index in [0.29, 0.717) is 18.4 Å². The third-order valence-corrected chi connectivity index (χ3v) is 3.56. The highest BCUT2D eigenvalue weighted by Gasteiger charge is 2.16. The van der Waals surface area contributed by atoms with Gasteiger partial charge < -0.3 is 9.88 Å². The first-order valence-corrected chi connectivity index (χ1v) is 7.32. The first kappa shape index (κ1) is 15.6. The molecule has 1 heterocycles. The monoisotopic (exact) mass is 293 g/mol. The highest BCUT2D eigenvalue weighted by molar-refractivity contribution is 5.20. The summed E-state index contributed by atoms with van der Waals surface area (Å²) in [6.07, 6.45) is 4.82. The lowest BCUT2D eigenvalue weighted by molar-refractivity contribution is 0.466. The van der Waals surface area contributed by atoms with E-state index in [-0.39, 0.29) is 6.04 Å². The largest absolute Gasteiger partial charge is 0.335 e. The number of nitrogens with one attached hydrogen (secondary N) is 1. The van der Waals surface area contributed by atoms with Crippen LogP contribution in [0.25, 0.3) is 0 Å². The van der Waals surface area contributed by atoms with E-state index in [4.69, 9.17) is 0 Å². The summed E-state index contributed by atoms with van der Waals surface area (Å²) in [5, 5.41) is 3.32. The van der Waals surface area contributed by atoms with Crippen molar-refractivity contribution in [3.8, 4) is 0 Å². The molecule has 1 N–H and O–H groups in total. The summed E-state index contributed by atoms with van der Waals surface area (Å²) in [6, 6.07) is 4.35. The molecule has 1 aromatic heterocycles. The summed E-state index contributed by atoms with van der Waals surface area (Å²) in [5.41, 5.74) is 0.399. The van der Waals surface area contributed by atoms with Gasteiger partial charge >= 0.3 is 0 Å². The second kappa shape index (κ2) is 7.31. The van der Waals surface area contributed by atoms with Crippen molar-refractivity contribution in [3.05, 3.63) is 53.6 Å². The van der Waals surface area contributed by atoms with Gasteiger partial charge in [0.2, 0.25) is 0 Å². The smallest absolute Gasteiger partial charge is 0.162 e. The van der Waals surface area contributed by atoms with Crippen molar-refractivity contribution in [1.82, 2.24) is 14.9 Å². The van der Waals surface area contributed by atoms with Crippen LogP contribution in [0.3, 0.4) is 0 Å². The molecule has 0 amide bonds. The molecule has 0 bridgehead atoms. The van der Waals surface area contributed by atoms with E-state index >= 15 is 0 Å². The fourth-order valence-electron chi connectivity index (χ4n) is 2.52. The maximum Gasteiger partial charge on any atom is 0.162 e. The molecular weight excluding hydrogens is 272 g/mol. The highest BCUT2D eigenvalue weighted by atomic mass is 19.2. The van der Waals surface area contributed by atoms with E-state index < -0.39 is 11.6 Å². The molecule has 0 saturated heterocycles. The number of aromatic nitrogens is 2. The van der Waals surface area contributed by atoms with Crippen molar-refractivity contribution in [2.75, 3.05) is 6.54 Å². The summed E-state index contributed by atoms with van der Waals surface area (Å²) < 4.78 is 29.2. The molecule has 0 saturated carbocycles. The highest BCUT2D eigenvalue weighted by Crippen LogP contribution is 2.15.